The molecule has 2 saturated carbocycles. The lowest BCUT2D eigenvalue weighted by Gasteiger charge is -2.62. The van der Waals surface area contributed by atoms with Crippen LogP contribution in [0.1, 0.15) is 51.4 Å². The van der Waals surface area contributed by atoms with E-state index >= 15 is 4.39 Å². The second-order valence-corrected chi connectivity index (χ2v) is 12.4. The number of carbonyl (C=O) groups is 2. The predicted octanol–water partition coefficient (Wildman–Crippen LogP) is 3.93. The molecule has 0 radical (unpaired) electrons. The zero-order valence-corrected chi connectivity index (χ0v) is 22.0. The number of aliphatic hydroxyl groups is 2. The number of aliphatic hydroxyl groups excluding tert-OH is 2. The number of benzene rings is 1. The summed E-state index contributed by atoms with van der Waals surface area (Å²) in [4.78, 5) is 30.3. The summed E-state index contributed by atoms with van der Waals surface area (Å²) in [6.45, 7) is 2.89. The average molecular weight is 534 g/mol. The first-order valence-corrected chi connectivity index (χ1v) is 13.7. The molecule has 1 aromatic heterocycles. The van der Waals surface area contributed by atoms with Crippen molar-refractivity contribution in [1.29, 1.82) is 0 Å². The maximum Gasteiger partial charge on any atom is 0.193 e. The summed E-state index contributed by atoms with van der Waals surface area (Å²) in [5.74, 6) is -1.58. The monoisotopic (exact) mass is 533 g/mol. The van der Waals surface area contributed by atoms with Gasteiger partial charge in [0.2, 0.25) is 0 Å². The van der Waals surface area contributed by atoms with Gasteiger partial charge in [0.15, 0.2) is 29.1 Å². The average Bonchev–Trinajstić information content (AvgIpc) is 3.42. The molecule has 2 aromatic rings. The van der Waals surface area contributed by atoms with Gasteiger partial charge in [-0.1, -0.05) is 42.8 Å². The summed E-state index contributed by atoms with van der Waals surface area (Å²) in [6.07, 6.45) is 4.42. The quantitative estimate of drug-likeness (QED) is 0.576. The molecule has 3 fully saturated rings. The molecule has 9 atom stereocenters. The van der Waals surface area contributed by atoms with E-state index in [0.29, 0.717) is 24.0 Å². The molecule has 1 saturated heterocycles. The Hall–Kier alpha value is -2.78. The highest BCUT2D eigenvalue weighted by molar-refractivity contribution is 5.94. The molecule has 39 heavy (non-hydrogen) atoms. The number of pyridine rings is 1. The third kappa shape index (κ3) is 2.98. The van der Waals surface area contributed by atoms with E-state index in [1.807, 2.05) is 43.3 Å². The van der Waals surface area contributed by atoms with Crippen molar-refractivity contribution in [3.8, 4) is 0 Å². The van der Waals surface area contributed by atoms with E-state index in [0.717, 1.165) is 10.9 Å². The molecule has 204 valence electrons. The van der Waals surface area contributed by atoms with Crippen molar-refractivity contribution in [2.75, 3.05) is 6.61 Å². The number of carbonyl (C=O) groups excluding carboxylic acids is 2. The molecule has 2 heterocycles. The predicted molar refractivity (Wildman–Crippen MR) is 139 cm³/mol. The Morgan fingerprint density at radius 3 is 2.82 bits per heavy atom. The van der Waals surface area contributed by atoms with Crippen LogP contribution in [0, 0.1) is 22.7 Å². The molecule has 7 rings (SSSR count). The summed E-state index contributed by atoms with van der Waals surface area (Å²) in [6, 6.07) is 9.57. The van der Waals surface area contributed by atoms with E-state index in [2.05, 4.69) is 4.98 Å². The number of hydrogen-bond donors (Lipinski definition) is 2. The number of rotatable bonds is 3. The van der Waals surface area contributed by atoms with Crippen LogP contribution >= 0.6 is 0 Å². The zero-order chi connectivity index (χ0) is 27.4. The molecule has 4 aliphatic carbocycles. The minimum absolute atomic E-state index is 0.0381. The number of Topliss-reactive ketones (excluding diaryl/α,β-unsaturated/α-hetero) is 1. The molecule has 1 unspecified atom stereocenters. The number of aromatic nitrogens is 1. The number of hydrogen-bond acceptors (Lipinski definition) is 7. The number of fused-ring (bicyclic) bond motifs is 8. The molecule has 7 nitrogen and oxygen atoms in total. The molecule has 1 aromatic carbocycles. The van der Waals surface area contributed by atoms with E-state index in [1.165, 1.54) is 6.08 Å². The Kier molecular flexibility index (Phi) is 5.25. The van der Waals surface area contributed by atoms with Crippen LogP contribution in [0.2, 0.25) is 0 Å². The first-order valence-electron chi connectivity index (χ1n) is 13.7. The summed E-state index contributed by atoms with van der Waals surface area (Å²) in [5.41, 5.74) is -3.52. The van der Waals surface area contributed by atoms with Gasteiger partial charge in [-0.15, -0.1) is 0 Å². The molecule has 1 aliphatic heterocycles. The van der Waals surface area contributed by atoms with Crippen LogP contribution in [0.25, 0.3) is 10.9 Å². The number of ketones is 2. The normalized spacial score (nSPS) is 44.4. The van der Waals surface area contributed by atoms with E-state index in [-0.39, 0.29) is 24.5 Å². The maximum absolute atomic E-state index is 17.5. The minimum atomic E-state index is -2.03. The lowest BCUT2D eigenvalue weighted by atomic mass is 9.45. The molecule has 0 amide bonds. The Bertz CT molecular complexity index is 1470. The van der Waals surface area contributed by atoms with E-state index < -0.39 is 58.9 Å². The number of alkyl halides is 1. The van der Waals surface area contributed by atoms with Crippen molar-refractivity contribution < 1.29 is 33.7 Å². The number of ether oxygens (including phenoxy) is 2. The molecule has 5 aliphatic rings. The van der Waals surface area contributed by atoms with Gasteiger partial charge in [-0.25, -0.2) is 4.39 Å². The fourth-order valence-electron chi connectivity index (χ4n) is 8.84. The van der Waals surface area contributed by atoms with Crippen molar-refractivity contribution in [2.24, 2.45) is 22.7 Å². The maximum atomic E-state index is 17.5. The molecule has 0 spiro atoms. The van der Waals surface area contributed by atoms with E-state index in [1.54, 1.807) is 19.2 Å². The Morgan fingerprint density at radius 2 is 2.03 bits per heavy atom. The molecular formula is C31H32FNO6. The van der Waals surface area contributed by atoms with Crippen molar-refractivity contribution >= 4 is 22.5 Å². The summed E-state index contributed by atoms with van der Waals surface area (Å²) >= 11 is 0. The van der Waals surface area contributed by atoms with Crippen LogP contribution in [-0.2, 0) is 19.1 Å². The summed E-state index contributed by atoms with van der Waals surface area (Å²) in [7, 11) is 0. The van der Waals surface area contributed by atoms with Crippen LogP contribution in [-0.4, -0.2) is 56.8 Å². The molecule has 2 N–H and O–H groups in total. The van der Waals surface area contributed by atoms with Gasteiger partial charge in [0.1, 0.15) is 6.61 Å². The van der Waals surface area contributed by atoms with E-state index in [4.69, 9.17) is 9.47 Å². The fraction of sp³-hybridized carbons (Fsp3) is 0.516. The number of nitrogens with zero attached hydrogens (tertiary/aromatic N) is 1. The molecule has 0 bridgehead atoms. The zero-order valence-electron chi connectivity index (χ0n) is 22.0. The second kappa shape index (κ2) is 8.13. The van der Waals surface area contributed by atoms with Crippen molar-refractivity contribution in [1.82, 2.24) is 4.98 Å². The van der Waals surface area contributed by atoms with Crippen molar-refractivity contribution in [3.05, 3.63) is 65.9 Å². The lowest BCUT2D eigenvalue weighted by Crippen LogP contribution is -2.69. The molecular weight excluding hydrogens is 501 g/mol. The highest BCUT2D eigenvalue weighted by Gasteiger charge is 2.79. The summed E-state index contributed by atoms with van der Waals surface area (Å²) in [5, 5.41) is 22.7. The first kappa shape index (κ1) is 25.2. The van der Waals surface area contributed by atoms with Crippen molar-refractivity contribution in [3.63, 3.8) is 0 Å². The van der Waals surface area contributed by atoms with Gasteiger partial charge in [-0.05, 0) is 50.3 Å². The van der Waals surface area contributed by atoms with Gasteiger partial charge >= 0.3 is 0 Å². The molecule has 8 heteroatoms. The Morgan fingerprint density at radius 1 is 1.23 bits per heavy atom. The van der Waals surface area contributed by atoms with Gasteiger partial charge in [0.05, 0.1) is 17.7 Å². The number of para-hydroxylation sites is 1. The highest BCUT2D eigenvalue weighted by Crippen LogP contribution is 2.72. The van der Waals surface area contributed by atoms with Crippen LogP contribution < -0.4 is 0 Å². The van der Waals surface area contributed by atoms with Gasteiger partial charge in [-0.3, -0.25) is 14.6 Å². The number of halogens is 1. The standard InChI is InChI=1S/C31H32FNO6/c1-28-10-9-20(35)12-19(28)7-8-21-22-13-26-31(25(37)16-34,29(22,2)14-24(36)30(21,28)32)39-27(38-26)18-11-17-5-3-4-6-23(17)33-15-18/h3-7,9-11,15,21-22,24,26-27,34,36H,8,12-14,16H2,1-2H3/t21-,22-,24-,26+,27?,28-,29-,30-,31+/m0/s1. The van der Waals surface area contributed by atoms with Gasteiger partial charge < -0.3 is 19.7 Å². The largest absolute Gasteiger partial charge is 0.390 e. The van der Waals surface area contributed by atoms with Crippen LogP contribution in [0.15, 0.2) is 60.3 Å². The summed E-state index contributed by atoms with van der Waals surface area (Å²) < 4.78 is 30.4. The van der Waals surface area contributed by atoms with Gasteiger partial charge in [0.25, 0.3) is 0 Å². The van der Waals surface area contributed by atoms with Crippen LogP contribution in [0.4, 0.5) is 4.39 Å². The third-order valence-corrected chi connectivity index (χ3v) is 10.8. The SMILES string of the molecule is C[C@]12C=CC(=O)CC1=CC[C@H]1[C@@H]3C[C@H]4OC(c5cnc6ccccc6c5)O[C@@]4(C(=O)CO)[C@@]3(C)C[C@H](O)[C@@]12F. The topological polar surface area (TPSA) is 106 Å². The first-order chi connectivity index (χ1) is 18.6. The Labute approximate surface area is 225 Å². The Balaban J connectivity index is 1.30. The van der Waals surface area contributed by atoms with Crippen molar-refractivity contribution in [2.45, 2.75) is 69.3 Å². The highest BCUT2D eigenvalue weighted by atomic mass is 19.1. The van der Waals surface area contributed by atoms with Gasteiger partial charge in [0, 0.05) is 40.3 Å². The van der Waals surface area contributed by atoms with Crippen LogP contribution in [0.5, 0.6) is 0 Å². The van der Waals surface area contributed by atoms with E-state index in [9.17, 15) is 19.8 Å². The van der Waals surface area contributed by atoms with Crippen LogP contribution in [0.3, 0.4) is 0 Å². The van der Waals surface area contributed by atoms with Gasteiger partial charge in [-0.2, -0.15) is 0 Å². The third-order valence-electron chi connectivity index (χ3n) is 10.8. The fourth-order valence-corrected chi connectivity index (χ4v) is 8.84. The minimum Gasteiger partial charge on any atom is -0.390 e. The second-order valence-electron chi connectivity index (χ2n) is 12.4. The number of allylic oxidation sites excluding steroid dienone is 4. The lowest BCUT2D eigenvalue weighted by molar-refractivity contribution is -0.227. The smallest absolute Gasteiger partial charge is 0.193 e.